The molecule has 0 atom stereocenters. The lowest BCUT2D eigenvalue weighted by Crippen LogP contribution is -1.96. The van der Waals surface area contributed by atoms with Crippen molar-refractivity contribution in [3.05, 3.63) is 22.3 Å². The fraction of sp³-hybridized carbons (Fsp3) is 0.250. The van der Waals surface area contributed by atoms with Crippen LogP contribution < -0.4 is 14.2 Å². The molecule has 3 aromatic heterocycles. The number of methoxy groups -OCH3 is 3. The molecule has 0 radical (unpaired) electrons. The van der Waals surface area contributed by atoms with Crippen molar-refractivity contribution in [3.8, 4) is 40.2 Å². The third-order valence-corrected chi connectivity index (χ3v) is 4.90. The number of hydrogen-bond acceptors (Lipinski definition) is 9. The van der Waals surface area contributed by atoms with E-state index in [0.717, 1.165) is 5.01 Å². The summed E-state index contributed by atoms with van der Waals surface area (Å²) in [7, 11) is 4.61. The first-order valence-corrected chi connectivity index (χ1v) is 8.91. The molecule has 0 fully saturated rings. The highest BCUT2D eigenvalue weighted by atomic mass is 35.5. The summed E-state index contributed by atoms with van der Waals surface area (Å²) in [6.45, 7) is 1.88. The van der Waals surface area contributed by atoms with Gasteiger partial charge in [0, 0.05) is 5.56 Å². The molecule has 0 amide bonds. The van der Waals surface area contributed by atoms with Crippen molar-refractivity contribution in [2.45, 2.75) is 6.92 Å². The molecule has 9 nitrogen and oxygen atoms in total. The summed E-state index contributed by atoms with van der Waals surface area (Å²) in [4.78, 5) is 9.37. The predicted octanol–water partition coefficient (Wildman–Crippen LogP) is 3.50. The van der Waals surface area contributed by atoms with Crippen LogP contribution in [0.15, 0.2) is 16.7 Å². The SMILES string of the molecule is COc1cc(-c2nc(-c3c(Cl)nc4sc(C)nn34)no2)cc(OC)c1OC. The summed E-state index contributed by atoms with van der Waals surface area (Å²) in [5.74, 6) is 1.98. The Morgan fingerprint density at radius 1 is 1.07 bits per heavy atom. The first kappa shape index (κ1) is 17.6. The number of fused-ring (bicyclic) bond motifs is 1. The topological polar surface area (TPSA) is 96.8 Å². The second-order valence-electron chi connectivity index (χ2n) is 5.40. The van der Waals surface area contributed by atoms with Gasteiger partial charge in [0.2, 0.25) is 16.5 Å². The van der Waals surface area contributed by atoms with Gasteiger partial charge in [-0.1, -0.05) is 28.1 Å². The van der Waals surface area contributed by atoms with Gasteiger partial charge in [-0.05, 0) is 19.1 Å². The van der Waals surface area contributed by atoms with E-state index in [2.05, 4.69) is 20.2 Å². The maximum absolute atomic E-state index is 6.24. The summed E-state index contributed by atoms with van der Waals surface area (Å²) < 4.78 is 23.1. The minimum Gasteiger partial charge on any atom is -0.493 e. The molecule has 3 heterocycles. The molecular formula is C16H14ClN5O4S. The van der Waals surface area contributed by atoms with Crippen LogP contribution in [0.5, 0.6) is 17.2 Å². The predicted molar refractivity (Wildman–Crippen MR) is 99.0 cm³/mol. The lowest BCUT2D eigenvalue weighted by Gasteiger charge is -2.12. The van der Waals surface area contributed by atoms with Crippen LogP contribution in [0.25, 0.3) is 27.9 Å². The minimum absolute atomic E-state index is 0.256. The molecule has 0 N–H and O–H groups in total. The fourth-order valence-electron chi connectivity index (χ4n) is 2.65. The van der Waals surface area contributed by atoms with Gasteiger partial charge in [-0.3, -0.25) is 0 Å². The minimum atomic E-state index is 0.256. The highest BCUT2D eigenvalue weighted by Gasteiger charge is 2.23. The molecule has 27 heavy (non-hydrogen) atoms. The number of halogens is 1. The van der Waals surface area contributed by atoms with Crippen molar-refractivity contribution in [2.24, 2.45) is 0 Å². The highest BCUT2D eigenvalue weighted by Crippen LogP contribution is 2.41. The summed E-state index contributed by atoms with van der Waals surface area (Å²) in [5, 5.41) is 9.52. The summed E-state index contributed by atoms with van der Waals surface area (Å²) in [5.41, 5.74) is 1.08. The van der Waals surface area contributed by atoms with Crippen molar-refractivity contribution < 1.29 is 18.7 Å². The van der Waals surface area contributed by atoms with E-state index in [1.54, 1.807) is 16.6 Å². The van der Waals surface area contributed by atoms with Gasteiger partial charge < -0.3 is 18.7 Å². The van der Waals surface area contributed by atoms with Crippen LogP contribution in [0.4, 0.5) is 0 Å². The van der Waals surface area contributed by atoms with Gasteiger partial charge in [0.1, 0.15) is 5.01 Å². The standard InChI is InChI=1S/C16H14ClN5O4S/c1-7-20-22-11(13(17)18-16(22)27-7)14-19-15(26-21-14)8-5-9(23-2)12(25-4)10(6-8)24-3/h5-6H,1-4H3. The molecule has 4 aromatic rings. The Bertz CT molecular complexity index is 1110. The molecule has 0 bridgehead atoms. The molecule has 0 saturated carbocycles. The van der Waals surface area contributed by atoms with Gasteiger partial charge >= 0.3 is 0 Å². The molecule has 0 aliphatic heterocycles. The Morgan fingerprint density at radius 2 is 1.78 bits per heavy atom. The zero-order valence-electron chi connectivity index (χ0n) is 14.8. The van der Waals surface area contributed by atoms with Crippen LogP contribution in [0, 0.1) is 6.92 Å². The van der Waals surface area contributed by atoms with E-state index in [-0.39, 0.29) is 16.9 Å². The second kappa shape index (κ2) is 6.71. The molecule has 4 rings (SSSR count). The molecular weight excluding hydrogens is 394 g/mol. The number of aryl methyl sites for hydroxylation is 1. The zero-order valence-corrected chi connectivity index (χ0v) is 16.4. The van der Waals surface area contributed by atoms with Crippen LogP contribution in [0.1, 0.15) is 5.01 Å². The summed E-state index contributed by atoms with van der Waals surface area (Å²) in [6.07, 6.45) is 0. The van der Waals surface area contributed by atoms with Crippen LogP contribution >= 0.6 is 22.9 Å². The van der Waals surface area contributed by atoms with Crippen molar-refractivity contribution in [3.63, 3.8) is 0 Å². The number of ether oxygens (including phenoxy) is 3. The molecule has 140 valence electrons. The van der Waals surface area contributed by atoms with Crippen LogP contribution in [-0.2, 0) is 0 Å². The lowest BCUT2D eigenvalue weighted by atomic mass is 10.2. The van der Waals surface area contributed by atoms with Crippen molar-refractivity contribution in [2.75, 3.05) is 21.3 Å². The van der Waals surface area contributed by atoms with Gasteiger partial charge in [-0.25, -0.2) is 4.98 Å². The van der Waals surface area contributed by atoms with E-state index in [1.807, 2.05) is 6.92 Å². The van der Waals surface area contributed by atoms with Gasteiger partial charge in [0.25, 0.3) is 5.89 Å². The highest BCUT2D eigenvalue weighted by molar-refractivity contribution is 7.16. The van der Waals surface area contributed by atoms with Gasteiger partial charge in [0.05, 0.1) is 21.3 Å². The Balaban J connectivity index is 1.82. The van der Waals surface area contributed by atoms with E-state index >= 15 is 0 Å². The Morgan fingerprint density at radius 3 is 2.41 bits per heavy atom. The summed E-state index contributed by atoms with van der Waals surface area (Å²) in [6, 6.07) is 3.44. The Kier molecular flexibility index (Phi) is 4.36. The quantitative estimate of drug-likeness (QED) is 0.496. The maximum Gasteiger partial charge on any atom is 0.258 e. The van der Waals surface area contributed by atoms with E-state index in [0.29, 0.717) is 33.5 Å². The number of imidazole rings is 1. The Hall–Kier alpha value is -2.85. The molecule has 11 heteroatoms. The third kappa shape index (κ3) is 2.86. The van der Waals surface area contributed by atoms with Crippen molar-refractivity contribution in [1.29, 1.82) is 0 Å². The van der Waals surface area contributed by atoms with Crippen LogP contribution in [0.2, 0.25) is 5.15 Å². The van der Waals surface area contributed by atoms with E-state index in [4.69, 9.17) is 30.3 Å². The van der Waals surface area contributed by atoms with E-state index < -0.39 is 0 Å². The molecule has 0 aliphatic rings. The summed E-state index contributed by atoms with van der Waals surface area (Å²) >= 11 is 7.66. The number of rotatable bonds is 5. The van der Waals surface area contributed by atoms with Gasteiger partial charge in [0.15, 0.2) is 22.3 Å². The van der Waals surface area contributed by atoms with E-state index in [9.17, 15) is 0 Å². The normalized spacial score (nSPS) is 11.1. The third-order valence-electron chi connectivity index (χ3n) is 3.81. The molecule has 0 saturated heterocycles. The lowest BCUT2D eigenvalue weighted by molar-refractivity contribution is 0.324. The number of aromatic nitrogens is 5. The average Bonchev–Trinajstić information content (AvgIpc) is 3.34. The van der Waals surface area contributed by atoms with Crippen molar-refractivity contribution in [1.82, 2.24) is 24.7 Å². The largest absolute Gasteiger partial charge is 0.493 e. The number of nitrogens with zero attached hydrogens (tertiary/aromatic N) is 5. The van der Waals surface area contributed by atoms with E-state index in [1.165, 1.54) is 32.7 Å². The second-order valence-corrected chi connectivity index (χ2v) is 6.92. The van der Waals surface area contributed by atoms with Crippen LogP contribution in [-0.4, -0.2) is 46.1 Å². The molecule has 0 spiro atoms. The molecule has 1 aromatic carbocycles. The monoisotopic (exact) mass is 407 g/mol. The smallest absolute Gasteiger partial charge is 0.258 e. The Labute approximate surface area is 162 Å². The first-order chi connectivity index (χ1) is 13.0. The van der Waals surface area contributed by atoms with Crippen molar-refractivity contribution >= 4 is 27.9 Å². The first-order valence-electron chi connectivity index (χ1n) is 7.71. The number of hydrogen-bond donors (Lipinski definition) is 0. The maximum atomic E-state index is 6.24. The van der Waals surface area contributed by atoms with Gasteiger partial charge in [-0.15, -0.1) is 0 Å². The average molecular weight is 408 g/mol. The van der Waals surface area contributed by atoms with Crippen LogP contribution in [0.3, 0.4) is 0 Å². The number of benzene rings is 1. The molecule has 0 unspecified atom stereocenters. The van der Waals surface area contributed by atoms with Gasteiger partial charge in [-0.2, -0.15) is 14.6 Å². The fourth-order valence-corrected chi connectivity index (χ4v) is 3.68. The zero-order chi connectivity index (χ0) is 19.1. The molecule has 0 aliphatic carbocycles.